The lowest BCUT2D eigenvalue weighted by Crippen LogP contribution is -2.13. The fourth-order valence-electron chi connectivity index (χ4n) is 1.31. The minimum absolute atomic E-state index is 0.302. The van der Waals surface area contributed by atoms with Gasteiger partial charge in [0.1, 0.15) is 5.69 Å². The molecule has 0 fully saturated rings. The van der Waals surface area contributed by atoms with Gasteiger partial charge in [-0.2, -0.15) is 0 Å². The number of nitrogens with zero attached hydrogens (tertiary/aromatic N) is 1. The number of nitrogen functional groups attached to an aromatic ring is 1. The number of pyridine rings is 1. The smallest absolute Gasteiger partial charge is 0.274 e. The Morgan fingerprint density at radius 2 is 2.11 bits per heavy atom. The maximum absolute atomic E-state index is 11.9. The van der Waals surface area contributed by atoms with Crippen LogP contribution in [-0.2, 0) is 0 Å². The summed E-state index contributed by atoms with van der Waals surface area (Å²) in [5.74, 6) is -0.302. The summed E-state index contributed by atoms with van der Waals surface area (Å²) < 4.78 is 0.814. The van der Waals surface area contributed by atoms with Crippen molar-refractivity contribution in [3.8, 4) is 0 Å². The van der Waals surface area contributed by atoms with Crippen LogP contribution in [0, 0.1) is 0 Å². The number of halogens is 2. The minimum Gasteiger partial charge on any atom is -0.398 e. The third-order valence-corrected chi connectivity index (χ3v) is 3.01. The highest BCUT2D eigenvalue weighted by Crippen LogP contribution is 2.22. The van der Waals surface area contributed by atoms with Gasteiger partial charge in [-0.15, -0.1) is 0 Å². The molecule has 1 aromatic carbocycles. The van der Waals surface area contributed by atoms with Gasteiger partial charge in [0.15, 0.2) is 0 Å². The van der Waals surface area contributed by atoms with E-state index >= 15 is 0 Å². The zero-order chi connectivity index (χ0) is 13.1. The molecular formula is C12H9BrClN3O. The average Bonchev–Trinajstić information content (AvgIpc) is 2.34. The van der Waals surface area contributed by atoms with Gasteiger partial charge in [0.05, 0.1) is 10.7 Å². The molecule has 3 N–H and O–H groups in total. The normalized spacial score (nSPS) is 10.1. The molecule has 1 amide bonds. The van der Waals surface area contributed by atoms with Gasteiger partial charge in [-0.05, 0) is 46.3 Å². The second-order valence-corrected chi connectivity index (χ2v) is 4.87. The molecule has 0 saturated carbocycles. The molecular weight excluding hydrogens is 318 g/mol. The molecule has 0 aliphatic carbocycles. The maximum atomic E-state index is 11.9. The molecule has 0 bridgehead atoms. The van der Waals surface area contributed by atoms with E-state index in [1.54, 1.807) is 36.5 Å². The monoisotopic (exact) mass is 325 g/mol. The Labute approximate surface area is 117 Å². The van der Waals surface area contributed by atoms with Crippen molar-refractivity contribution < 1.29 is 4.79 Å². The number of nitrogens with one attached hydrogen (secondary N) is 1. The third kappa shape index (κ3) is 3.00. The van der Waals surface area contributed by atoms with E-state index in [1.807, 2.05) is 0 Å². The first-order chi connectivity index (χ1) is 8.56. The molecule has 0 spiro atoms. The molecule has 18 heavy (non-hydrogen) atoms. The Morgan fingerprint density at radius 1 is 1.33 bits per heavy atom. The zero-order valence-electron chi connectivity index (χ0n) is 9.15. The highest BCUT2D eigenvalue weighted by molar-refractivity contribution is 9.10. The highest BCUT2D eigenvalue weighted by Gasteiger charge is 2.08. The second-order valence-electron chi connectivity index (χ2n) is 3.55. The van der Waals surface area contributed by atoms with Crippen LogP contribution in [-0.4, -0.2) is 10.9 Å². The molecule has 0 aliphatic rings. The van der Waals surface area contributed by atoms with Gasteiger partial charge in [-0.3, -0.25) is 4.79 Å². The lowest BCUT2D eigenvalue weighted by Gasteiger charge is -2.06. The van der Waals surface area contributed by atoms with Crippen molar-refractivity contribution in [2.75, 3.05) is 11.1 Å². The molecule has 92 valence electrons. The SMILES string of the molecule is Nc1ccc(NC(=O)c2ccc(Br)cn2)cc1Cl. The topological polar surface area (TPSA) is 68.0 Å². The van der Waals surface area contributed by atoms with Gasteiger partial charge in [-0.1, -0.05) is 11.6 Å². The summed E-state index contributed by atoms with van der Waals surface area (Å²) in [6, 6.07) is 8.27. The van der Waals surface area contributed by atoms with Crippen molar-refractivity contribution in [2.45, 2.75) is 0 Å². The number of nitrogens with two attached hydrogens (primary N) is 1. The zero-order valence-corrected chi connectivity index (χ0v) is 11.5. The van der Waals surface area contributed by atoms with Gasteiger partial charge in [0, 0.05) is 16.4 Å². The number of aromatic nitrogens is 1. The van der Waals surface area contributed by atoms with Crippen molar-refractivity contribution in [3.63, 3.8) is 0 Å². The fraction of sp³-hybridized carbons (Fsp3) is 0. The second kappa shape index (κ2) is 5.37. The first-order valence-corrected chi connectivity index (χ1v) is 6.21. The van der Waals surface area contributed by atoms with E-state index in [0.717, 1.165) is 4.47 Å². The predicted molar refractivity (Wildman–Crippen MR) is 75.8 cm³/mol. The van der Waals surface area contributed by atoms with Crippen LogP contribution < -0.4 is 11.1 Å². The van der Waals surface area contributed by atoms with Crippen LogP contribution in [0.5, 0.6) is 0 Å². The fourth-order valence-corrected chi connectivity index (χ4v) is 1.73. The van der Waals surface area contributed by atoms with Crippen LogP contribution in [0.3, 0.4) is 0 Å². The predicted octanol–water partition coefficient (Wildman–Crippen LogP) is 3.33. The largest absolute Gasteiger partial charge is 0.398 e. The molecule has 4 nitrogen and oxygen atoms in total. The van der Waals surface area contributed by atoms with Gasteiger partial charge < -0.3 is 11.1 Å². The van der Waals surface area contributed by atoms with E-state index < -0.39 is 0 Å². The summed E-state index contributed by atoms with van der Waals surface area (Å²) in [7, 11) is 0. The van der Waals surface area contributed by atoms with E-state index in [-0.39, 0.29) is 5.91 Å². The molecule has 1 aromatic heterocycles. The standard InChI is InChI=1S/C12H9BrClN3O/c13-7-1-4-11(16-6-7)12(18)17-8-2-3-10(15)9(14)5-8/h1-6H,15H2,(H,17,18). The maximum Gasteiger partial charge on any atom is 0.274 e. The van der Waals surface area contributed by atoms with Gasteiger partial charge in [-0.25, -0.2) is 4.98 Å². The van der Waals surface area contributed by atoms with Crippen LogP contribution in [0.2, 0.25) is 5.02 Å². The number of carbonyl (C=O) groups is 1. The van der Waals surface area contributed by atoms with Crippen molar-refractivity contribution in [2.24, 2.45) is 0 Å². The first-order valence-electron chi connectivity index (χ1n) is 5.04. The number of benzene rings is 1. The average molecular weight is 327 g/mol. The van der Waals surface area contributed by atoms with Gasteiger partial charge >= 0.3 is 0 Å². The molecule has 6 heteroatoms. The van der Waals surface area contributed by atoms with Gasteiger partial charge in [0.2, 0.25) is 0 Å². The Balaban J connectivity index is 2.16. The number of hydrogen-bond donors (Lipinski definition) is 2. The minimum atomic E-state index is -0.302. The number of carbonyl (C=O) groups excluding carboxylic acids is 1. The molecule has 0 saturated heterocycles. The van der Waals surface area contributed by atoms with Crippen LogP contribution in [0.1, 0.15) is 10.5 Å². The Hall–Kier alpha value is -1.59. The van der Waals surface area contributed by atoms with Crippen molar-refractivity contribution in [1.29, 1.82) is 0 Å². The number of anilines is 2. The lowest BCUT2D eigenvalue weighted by molar-refractivity contribution is 0.102. The van der Waals surface area contributed by atoms with Crippen LogP contribution in [0.15, 0.2) is 41.0 Å². The number of hydrogen-bond acceptors (Lipinski definition) is 3. The summed E-state index contributed by atoms with van der Waals surface area (Å²) in [4.78, 5) is 15.9. The molecule has 0 radical (unpaired) electrons. The van der Waals surface area contributed by atoms with E-state index in [4.69, 9.17) is 17.3 Å². The first kappa shape index (κ1) is 12.9. The van der Waals surface area contributed by atoms with E-state index in [2.05, 4.69) is 26.2 Å². The Morgan fingerprint density at radius 3 is 2.72 bits per heavy atom. The number of amides is 1. The molecule has 0 unspecified atom stereocenters. The molecule has 0 atom stereocenters. The van der Waals surface area contributed by atoms with E-state index in [9.17, 15) is 4.79 Å². The van der Waals surface area contributed by atoms with Crippen LogP contribution >= 0.6 is 27.5 Å². The summed E-state index contributed by atoms with van der Waals surface area (Å²) in [5, 5.41) is 3.09. The third-order valence-electron chi connectivity index (χ3n) is 2.22. The summed E-state index contributed by atoms with van der Waals surface area (Å²) in [5.41, 5.74) is 6.95. The summed E-state index contributed by atoms with van der Waals surface area (Å²) >= 11 is 9.12. The quantitative estimate of drug-likeness (QED) is 0.832. The molecule has 2 rings (SSSR count). The molecule has 1 heterocycles. The van der Waals surface area contributed by atoms with Crippen molar-refractivity contribution >= 4 is 44.8 Å². The van der Waals surface area contributed by atoms with Crippen molar-refractivity contribution in [3.05, 3.63) is 51.7 Å². The lowest BCUT2D eigenvalue weighted by atomic mass is 10.2. The van der Waals surface area contributed by atoms with Crippen LogP contribution in [0.4, 0.5) is 11.4 Å². The Bertz CT molecular complexity index is 586. The van der Waals surface area contributed by atoms with Gasteiger partial charge in [0.25, 0.3) is 5.91 Å². The molecule has 0 aliphatic heterocycles. The molecule has 2 aromatic rings. The Kier molecular flexibility index (Phi) is 3.84. The number of rotatable bonds is 2. The highest BCUT2D eigenvalue weighted by atomic mass is 79.9. The van der Waals surface area contributed by atoms with E-state index in [1.165, 1.54) is 0 Å². The van der Waals surface area contributed by atoms with Crippen LogP contribution in [0.25, 0.3) is 0 Å². The summed E-state index contributed by atoms with van der Waals surface area (Å²) in [6.45, 7) is 0. The van der Waals surface area contributed by atoms with Crippen molar-refractivity contribution in [1.82, 2.24) is 4.98 Å². The summed E-state index contributed by atoms with van der Waals surface area (Å²) in [6.07, 6.45) is 1.56. The van der Waals surface area contributed by atoms with E-state index in [0.29, 0.717) is 22.1 Å².